The third-order valence-electron chi connectivity index (χ3n) is 2.38. The molecule has 1 aromatic carbocycles. The molecule has 0 aliphatic heterocycles. The largest absolute Gasteiger partial charge is 0.497 e. The Kier molecular flexibility index (Phi) is 5.97. The number of nitrogens with zero attached hydrogens (tertiary/aromatic N) is 1. The standard InChI is InChI=1S/C12H14BrN3O5/c1-21-7-2-3-8(13)9(4-7)15-12(20)16(5-10(14)17)6-11(18)19/h2-4H,5-6H2,1H3,(H2,14,17)(H,15,20)(H,18,19). The molecule has 4 N–H and O–H groups in total. The molecule has 1 rings (SSSR count). The number of nitrogens with two attached hydrogens (primary N) is 1. The van der Waals surface area contributed by atoms with E-state index in [2.05, 4.69) is 21.2 Å². The molecule has 0 unspecified atom stereocenters. The third-order valence-corrected chi connectivity index (χ3v) is 3.07. The molecule has 0 aromatic heterocycles. The van der Waals surface area contributed by atoms with E-state index in [1.807, 2.05) is 0 Å². The first-order valence-corrected chi connectivity index (χ1v) is 6.52. The van der Waals surface area contributed by atoms with Gasteiger partial charge in [0.1, 0.15) is 18.8 Å². The number of primary amides is 1. The topological polar surface area (TPSA) is 122 Å². The number of urea groups is 1. The highest BCUT2D eigenvalue weighted by Crippen LogP contribution is 2.27. The van der Waals surface area contributed by atoms with Gasteiger partial charge in [-0.2, -0.15) is 0 Å². The number of anilines is 1. The molecule has 0 fully saturated rings. The van der Waals surface area contributed by atoms with Crippen molar-refractivity contribution in [3.63, 3.8) is 0 Å². The lowest BCUT2D eigenvalue weighted by molar-refractivity contribution is -0.137. The SMILES string of the molecule is COc1ccc(Br)c(NC(=O)N(CC(N)=O)CC(=O)O)c1. The van der Waals surface area contributed by atoms with E-state index in [1.165, 1.54) is 7.11 Å². The van der Waals surface area contributed by atoms with Crippen LogP contribution in [-0.4, -0.2) is 48.1 Å². The van der Waals surface area contributed by atoms with Crippen molar-refractivity contribution in [2.24, 2.45) is 5.73 Å². The lowest BCUT2D eigenvalue weighted by atomic mass is 10.3. The second-order valence-corrected chi connectivity index (χ2v) is 4.85. The molecule has 0 bridgehead atoms. The van der Waals surface area contributed by atoms with Gasteiger partial charge in [-0.3, -0.25) is 9.59 Å². The minimum absolute atomic E-state index is 0.374. The molecule has 0 aliphatic rings. The number of carbonyl (C=O) groups is 3. The fourth-order valence-corrected chi connectivity index (χ4v) is 1.82. The molecule has 8 nitrogen and oxygen atoms in total. The van der Waals surface area contributed by atoms with Crippen LogP contribution in [0.3, 0.4) is 0 Å². The van der Waals surface area contributed by atoms with Crippen LogP contribution in [0, 0.1) is 0 Å². The summed E-state index contributed by atoms with van der Waals surface area (Å²) in [6, 6.07) is 4.12. The van der Waals surface area contributed by atoms with Crippen LogP contribution < -0.4 is 15.8 Å². The van der Waals surface area contributed by atoms with E-state index in [9.17, 15) is 14.4 Å². The number of carboxylic acid groups (broad SMARTS) is 1. The summed E-state index contributed by atoms with van der Waals surface area (Å²) >= 11 is 3.24. The molecule has 0 saturated heterocycles. The Morgan fingerprint density at radius 3 is 2.57 bits per heavy atom. The first kappa shape index (κ1) is 16.8. The van der Waals surface area contributed by atoms with Gasteiger partial charge in [0.25, 0.3) is 0 Å². The number of nitrogens with one attached hydrogen (secondary N) is 1. The number of ether oxygens (including phenoxy) is 1. The monoisotopic (exact) mass is 359 g/mol. The number of rotatable bonds is 6. The highest BCUT2D eigenvalue weighted by atomic mass is 79.9. The molecule has 1 aromatic rings. The second kappa shape index (κ2) is 7.48. The fourth-order valence-electron chi connectivity index (χ4n) is 1.47. The third kappa shape index (κ3) is 5.30. The average molecular weight is 360 g/mol. The molecular formula is C12H14BrN3O5. The highest BCUT2D eigenvalue weighted by molar-refractivity contribution is 9.10. The normalized spacial score (nSPS) is 9.81. The van der Waals surface area contributed by atoms with Crippen LogP contribution in [0.25, 0.3) is 0 Å². The van der Waals surface area contributed by atoms with E-state index in [4.69, 9.17) is 15.6 Å². The molecule has 0 spiro atoms. The Balaban J connectivity index is 2.89. The maximum absolute atomic E-state index is 12.0. The molecule has 9 heteroatoms. The van der Waals surface area contributed by atoms with Crippen molar-refractivity contribution < 1.29 is 24.2 Å². The number of hydrogen-bond donors (Lipinski definition) is 3. The van der Waals surface area contributed by atoms with Crippen LogP contribution in [0.1, 0.15) is 0 Å². The zero-order chi connectivity index (χ0) is 16.0. The quantitative estimate of drug-likeness (QED) is 0.695. The minimum atomic E-state index is -1.25. The van der Waals surface area contributed by atoms with Crippen molar-refractivity contribution in [1.29, 1.82) is 0 Å². The summed E-state index contributed by atoms with van der Waals surface area (Å²) in [7, 11) is 1.47. The fraction of sp³-hybridized carbons (Fsp3) is 0.250. The van der Waals surface area contributed by atoms with Crippen molar-refractivity contribution >= 4 is 39.5 Å². The highest BCUT2D eigenvalue weighted by Gasteiger charge is 2.19. The molecule has 0 aliphatic carbocycles. The number of carbonyl (C=O) groups excluding carboxylic acids is 2. The van der Waals surface area contributed by atoms with Gasteiger partial charge in [0.15, 0.2) is 0 Å². The van der Waals surface area contributed by atoms with Crippen molar-refractivity contribution in [2.75, 3.05) is 25.5 Å². The summed E-state index contributed by atoms with van der Waals surface area (Å²) in [5.74, 6) is -1.56. The van der Waals surface area contributed by atoms with E-state index in [1.54, 1.807) is 18.2 Å². The van der Waals surface area contributed by atoms with Gasteiger partial charge in [0.05, 0.1) is 12.8 Å². The number of halogens is 1. The predicted molar refractivity (Wildman–Crippen MR) is 78.1 cm³/mol. The number of hydrogen-bond acceptors (Lipinski definition) is 4. The Morgan fingerprint density at radius 1 is 1.38 bits per heavy atom. The van der Waals surface area contributed by atoms with Crippen LogP contribution in [0.4, 0.5) is 10.5 Å². The van der Waals surface area contributed by atoms with E-state index < -0.39 is 31.0 Å². The maximum Gasteiger partial charge on any atom is 0.323 e. The van der Waals surface area contributed by atoms with Gasteiger partial charge in [-0.25, -0.2) is 4.79 Å². The number of carboxylic acids is 1. The summed E-state index contributed by atoms with van der Waals surface area (Å²) in [6.07, 6.45) is 0. The Hall–Kier alpha value is -2.29. The first-order chi connectivity index (χ1) is 9.83. The second-order valence-electron chi connectivity index (χ2n) is 3.99. The zero-order valence-corrected chi connectivity index (χ0v) is 12.7. The van der Waals surface area contributed by atoms with Gasteiger partial charge in [0.2, 0.25) is 5.91 Å². The molecule has 0 radical (unpaired) electrons. The van der Waals surface area contributed by atoms with Crippen molar-refractivity contribution in [1.82, 2.24) is 4.90 Å². The van der Waals surface area contributed by atoms with Crippen LogP contribution in [0.2, 0.25) is 0 Å². The number of benzene rings is 1. The first-order valence-electron chi connectivity index (χ1n) is 5.73. The van der Waals surface area contributed by atoms with Crippen molar-refractivity contribution in [3.05, 3.63) is 22.7 Å². The molecule has 0 atom stereocenters. The minimum Gasteiger partial charge on any atom is -0.497 e. The van der Waals surface area contributed by atoms with E-state index in [-0.39, 0.29) is 0 Å². The van der Waals surface area contributed by atoms with Crippen LogP contribution in [0.5, 0.6) is 5.75 Å². The predicted octanol–water partition coefficient (Wildman–Crippen LogP) is 0.861. The number of aliphatic carboxylic acids is 1. The van der Waals surface area contributed by atoms with Crippen LogP contribution in [0.15, 0.2) is 22.7 Å². The maximum atomic E-state index is 12.0. The molecule has 21 heavy (non-hydrogen) atoms. The molecule has 0 saturated carbocycles. The van der Waals surface area contributed by atoms with E-state index in [0.29, 0.717) is 15.9 Å². The Bertz CT molecular complexity index is 548. The van der Waals surface area contributed by atoms with Gasteiger partial charge in [-0.15, -0.1) is 0 Å². The summed E-state index contributed by atoms with van der Waals surface area (Å²) in [5.41, 5.74) is 5.37. The van der Waals surface area contributed by atoms with Gasteiger partial charge >= 0.3 is 12.0 Å². The van der Waals surface area contributed by atoms with E-state index in [0.717, 1.165) is 4.90 Å². The van der Waals surface area contributed by atoms with Crippen molar-refractivity contribution in [3.8, 4) is 5.75 Å². The van der Waals surface area contributed by atoms with E-state index >= 15 is 0 Å². The summed E-state index contributed by atoms with van der Waals surface area (Å²) in [4.78, 5) is 34.4. The van der Waals surface area contributed by atoms with Crippen molar-refractivity contribution in [2.45, 2.75) is 0 Å². The Morgan fingerprint density at radius 2 is 2.05 bits per heavy atom. The van der Waals surface area contributed by atoms with Crippen LogP contribution >= 0.6 is 15.9 Å². The van der Waals surface area contributed by atoms with Gasteiger partial charge in [0, 0.05) is 10.5 Å². The Labute approximate surface area is 129 Å². The number of methoxy groups -OCH3 is 1. The smallest absolute Gasteiger partial charge is 0.323 e. The average Bonchev–Trinajstić information content (AvgIpc) is 2.39. The molecule has 0 heterocycles. The molecule has 3 amide bonds. The summed E-state index contributed by atoms with van der Waals surface area (Å²) < 4.78 is 5.60. The zero-order valence-electron chi connectivity index (χ0n) is 11.1. The molecule has 114 valence electrons. The summed E-state index contributed by atoms with van der Waals surface area (Å²) in [6.45, 7) is -1.14. The lowest BCUT2D eigenvalue weighted by Crippen LogP contribution is -2.43. The van der Waals surface area contributed by atoms with Gasteiger partial charge in [-0.1, -0.05) is 0 Å². The number of amides is 3. The van der Waals surface area contributed by atoms with Gasteiger partial charge in [-0.05, 0) is 28.1 Å². The molecular weight excluding hydrogens is 346 g/mol. The summed E-state index contributed by atoms with van der Waals surface area (Å²) in [5, 5.41) is 11.2. The van der Waals surface area contributed by atoms with Crippen LogP contribution in [-0.2, 0) is 9.59 Å². The van der Waals surface area contributed by atoms with Gasteiger partial charge < -0.3 is 25.8 Å². The lowest BCUT2D eigenvalue weighted by Gasteiger charge is -2.20.